The molecule has 1 heterocycles. The molecule has 0 saturated carbocycles. The lowest BCUT2D eigenvalue weighted by molar-refractivity contribution is -0.116. The number of amides is 1. The molecule has 1 N–H and O–H groups in total. The fraction of sp³-hybridized carbons (Fsp3) is 0.143. The number of nitrogens with zero attached hydrogens (tertiary/aromatic N) is 2. The number of hydrogen-bond acceptors (Lipinski definition) is 4. The third-order valence-electron chi connectivity index (χ3n) is 4.15. The Hall–Kier alpha value is -3.54. The van der Waals surface area contributed by atoms with Crippen molar-refractivity contribution in [1.29, 1.82) is 0 Å². The maximum absolute atomic E-state index is 12.4. The van der Waals surface area contributed by atoms with Gasteiger partial charge in [-0.3, -0.25) is 19.0 Å². The van der Waals surface area contributed by atoms with E-state index in [0.29, 0.717) is 22.8 Å². The van der Waals surface area contributed by atoms with Crippen LogP contribution < -0.4 is 10.9 Å². The van der Waals surface area contributed by atoms with Gasteiger partial charge < -0.3 is 5.32 Å². The van der Waals surface area contributed by atoms with Crippen LogP contribution in [0, 0.1) is 6.92 Å². The summed E-state index contributed by atoms with van der Waals surface area (Å²) in [5.41, 5.74) is 2.27. The molecule has 3 aromatic rings. The number of aryl methyl sites for hydroxylation is 1. The van der Waals surface area contributed by atoms with Gasteiger partial charge in [-0.2, -0.15) is 0 Å². The number of anilines is 1. The van der Waals surface area contributed by atoms with Crippen molar-refractivity contribution in [1.82, 2.24) is 9.55 Å². The van der Waals surface area contributed by atoms with Crippen molar-refractivity contribution >= 4 is 17.4 Å². The van der Waals surface area contributed by atoms with Gasteiger partial charge in [0.15, 0.2) is 5.78 Å². The van der Waals surface area contributed by atoms with Crippen LogP contribution in [-0.2, 0) is 11.3 Å². The van der Waals surface area contributed by atoms with Crippen LogP contribution in [0.2, 0.25) is 0 Å². The second-order valence-corrected chi connectivity index (χ2v) is 6.16. The lowest BCUT2D eigenvalue weighted by Crippen LogP contribution is -2.29. The number of rotatable bonds is 5. The van der Waals surface area contributed by atoms with Crippen LogP contribution in [-0.4, -0.2) is 21.2 Å². The van der Waals surface area contributed by atoms with Crippen molar-refractivity contribution in [2.75, 3.05) is 5.32 Å². The molecule has 0 aliphatic heterocycles. The standard InChI is InChI=1S/C21H19N3O3/c1-14(25)16-8-10-18(11-9-16)23-20(26)13-24-15(2)22-19(12-21(24)27)17-6-4-3-5-7-17/h3-12H,13H2,1-2H3,(H,23,26). The second-order valence-electron chi connectivity index (χ2n) is 6.16. The van der Waals surface area contributed by atoms with Crippen LogP contribution in [0.15, 0.2) is 65.5 Å². The fourth-order valence-corrected chi connectivity index (χ4v) is 2.70. The topological polar surface area (TPSA) is 81.1 Å². The van der Waals surface area contributed by atoms with E-state index in [1.165, 1.54) is 17.6 Å². The highest BCUT2D eigenvalue weighted by molar-refractivity contribution is 5.95. The number of hydrogen-bond donors (Lipinski definition) is 1. The molecule has 1 amide bonds. The molecule has 0 unspecified atom stereocenters. The van der Waals surface area contributed by atoms with Crippen LogP contribution in [0.3, 0.4) is 0 Å². The van der Waals surface area contributed by atoms with Crippen molar-refractivity contribution in [2.45, 2.75) is 20.4 Å². The fourth-order valence-electron chi connectivity index (χ4n) is 2.70. The van der Waals surface area contributed by atoms with E-state index >= 15 is 0 Å². The predicted octanol–water partition coefficient (Wildman–Crippen LogP) is 3.06. The zero-order chi connectivity index (χ0) is 19.4. The van der Waals surface area contributed by atoms with Crippen molar-refractivity contribution in [3.05, 3.63) is 82.4 Å². The molecule has 6 nitrogen and oxygen atoms in total. The Morgan fingerprint density at radius 2 is 1.70 bits per heavy atom. The summed E-state index contributed by atoms with van der Waals surface area (Å²) in [6.07, 6.45) is 0. The van der Waals surface area contributed by atoms with Gasteiger partial charge >= 0.3 is 0 Å². The van der Waals surface area contributed by atoms with E-state index in [1.54, 1.807) is 31.2 Å². The Kier molecular flexibility index (Phi) is 5.26. The molecule has 1 aromatic heterocycles. The van der Waals surface area contributed by atoms with E-state index in [4.69, 9.17) is 0 Å². The molecule has 0 aliphatic rings. The van der Waals surface area contributed by atoms with Crippen LogP contribution in [0.1, 0.15) is 23.1 Å². The van der Waals surface area contributed by atoms with E-state index in [9.17, 15) is 14.4 Å². The molecule has 0 spiro atoms. The van der Waals surface area contributed by atoms with Crippen molar-refractivity contribution in [3.63, 3.8) is 0 Å². The maximum Gasteiger partial charge on any atom is 0.254 e. The normalized spacial score (nSPS) is 10.4. The first-order valence-electron chi connectivity index (χ1n) is 8.49. The third-order valence-corrected chi connectivity index (χ3v) is 4.15. The van der Waals surface area contributed by atoms with Gasteiger partial charge in [0.1, 0.15) is 12.4 Å². The molecule has 3 rings (SSSR count). The highest BCUT2D eigenvalue weighted by Gasteiger charge is 2.11. The van der Waals surface area contributed by atoms with Gasteiger partial charge in [0, 0.05) is 22.9 Å². The zero-order valence-electron chi connectivity index (χ0n) is 15.1. The molecular formula is C21H19N3O3. The third kappa shape index (κ3) is 4.36. The minimum Gasteiger partial charge on any atom is -0.325 e. The summed E-state index contributed by atoms with van der Waals surface area (Å²) in [7, 11) is 0. The number of nitrogens with one attached hydrogen (secondary N) is 1. The average molecular weight is 361 g/mol. The van der Waals surface area contributed by atoms with Gasteiger partial charge in [0.2, 0.25) is 5.91 Å². The Bertz CT molecular complexity index is 1040. The molecule has 6 heteroatoms. The number of carbonyl (C=O) groups is 2. The molecule has 0 fully saturated rings. The second kappa shape index (κ2) is 7.78. The van der Waals surface area contributed by atoms with Crippen molar-refractivity contribution in [2.24, 2.45) is 0 Å². The van der Waals surface area contributed by atoms with Gasteiger partial charge in [-0.1, -0.05) is 30.3 Å². The Morgan fingerprint density at radius 3 is 2.30 bits per heavy atom. The van der Waals surface area contributed by atoms with Gasteiger partial charge in [-0.25, -0.2) is 4.98 Å². The first-order valence-corrected chi connectivity index (χ1v) is 8.49. The van der Waals surface area contributed by atoms with Crippen molar-refractivity contribution in [3.8, 4) is 11.3 Å². The first-order chi connectivity index (χ1) is 12.9. The number of ketones is 1. The predicted molar refractivity (Wildman–Crippen MR) is 104 cm³/mol. The summed E-state index contributed by atoms with van der Waals surface area (Å²) < 4.78 is 1.33. The Labute approximate surface area is 156 Å². The first kappa shape index (κ1) is 18.3. The lowest BCUT2D eigenvalue weighted by atomic mass is 10.1. The smallest absolute Gasteiger partial charge is 0.254 e. The Morgan fingerprint density at radius 1 is 1.04 bits per heavy atom. The van der Waals surface area contributed by atoms with Crippen LogP contribution in [0.25, 0.3) is 11.3 Å². The summed E-state index contributed by atoms with van der Waals surface area (Å²) in [5.74, 6) is 0.0769. The summed E-state index contributed by atoms with van der Waals surface area (Å²) in [4.78, 5) is 40.5. The van der Waals surface area contributed by atoms with Crippen molar-refractivity contribution < 1.29 is 9.59 Å². The number of Topliss-reactive ketones (excluding diaryl/α,β-unsaturated/α-hetero) is 1. The molecule has 136 valence electrons. The van der Waals surface area contributed by atoms with E-state index in [2.05, 4.69) is 10.3 Å². The molecular weight excluding hydrogens is 342 g/mol. The number of aromatic nitrogens is 2. The SMILES string of the molecule is CC(=O)c1ccc(NC(=O)Cn2c(C)nc(-c3ccccc3)cc2=O)cc1. The molecule has 27 heavy (non-hydrogen) atoms. The van der Waals surface area contributed by atoms with Crippen LogP contribution >= 0.6 is 0 Å². The average Bonchev–Trinajstić information content (AvgIpc) is 2.65. The number of benzene rings is 2. The maximum atomic E-state index is 12.4. The number of carbonyl (C=O) groups excluding carboxylic acids is 2. The summed E-state index contributed by atoms with van der Waals surface area (Å²) in [5, 5.41) is 2.72. The molecule has 0 aliphatic carbocycles. The van der Waals surface area contributed by atoms with E-state index in [1.807, 2.05) is 30.3 Å². The molecule has 0 atom stereocenters. The zero-order valence-corrected chi connectivity index (χ0v) is 15.1. The minimum atomic E-state index is -0.343. The van der Waals surface area contributed by atoms with Crippen LogP contribution in [0.4, 0.5) is 5.69 Å². The minimum absolute atomic E-state index is 0.0420. The van der Waals surface area contributed by atoms with E-state index in [-0.39, 0.29) is 23.8 Å². The highest BCUT2D eigenvalue weighted by Crippen LogP contribution is 2.15. The van der Waals surface area contributed by atoms with Gasteiger partial charge in [-0.05, 0) is 38.1 Å². The largest absolute Gasteiger partial charge is 0.325 e. The Balaban J connectivity index is 1.76. The monoisotopic (exact) mass is 361 g/mol. The van der Waals surface area contributed by atoms with Gasteiger partial charge in [0.25, 0.3) is 5.56 Å². The quantitative estimate of drug-likeness (QED) is 0.708. The van der Waals surface area contributed by atoms with Gasteiger partial charge in [0.05, 0.1) is 5.69 Å². The molecule has 0 bridgehead atoms. The van der Waals surface area contributed by atoms with Crippen LogP contribution in [0.5, 0.6) is 0 Å². The summed E-state index contributed by atoms with van der Waals surface area (Å²) >= 11 is 0. The van der Waals surface area contributed by atoms with E-state index in [0.717, 1.165) is 5.56 Å². The summed E-state index contributed by atoms with van der Waals surface area (Å²) in [6, 6.07) is 17.4. The molecule has 2 aromatic carbocycles. The highest BCUT2D eigenvalue weighted by atomic mass is 16.2. The molecule has 0 radical (unpaired) electrons. The van der Waals surface area contributed by atoms with E-state index < -0.39 is 0 Å². The lowest BCUT2D eigenvalue weighted by Gasteiger charge is -2.11. The molecule has 0 saturated heterocycles. The summed E-state index contributed by atoms with van der Waals surface area (Å²) in [6.45, 7) is 3.04. The van der Waals surface area contributed by atoms with Gasteiger partial charge in [-0.15, -0.1) is 0 Å².